The molecule has 1 unspecified atom stereocenters. The zero-order valence-corrected chi connectivity index (χ0v) is 21.5. The van der Waals surface area contributed by atoms with Gasteiger partial charge in [-0.2, -0.15) is 0 Å². The molecule has 0 aromatic heterocycles. The second-order valence-electron chi connectivity index (χ2n) is 8.73. The number of ketones is 1. The lowest BCUT2D eigenvalue weighted by Crippen LogP contribution is -2.42. The number of rotatable bonds is 9. The highest BCUT2D eigenvalue weighted by atomic mass is 79.9. The van der Waals surface area contributed by atoms with Crippen LogP contribution in [0.15, 0.2) is 58.6 Å². The Bertz CT molecular complexity index is 1080. The summed E-state index contributed by atoms with van der Waals surface area (Å²) in [4.78, 5) is 30.2. The number of aliphatic hydroxyl groups excluding tert-OH is 1. The molecule has 8 heteroatoms. The van der Waals surface area contributed by atoms with Crippen LogP contribution in [0.3, 0.4) is 0 Å². The van der Waals surface area contributed by atoms with E-state index < -0.39 is 17.7 Å². The van der Waals surface area contributed by atoms with Crippen molar-refractivity contribution in [3.8, 4) is 5.75 Å². The molecule has 2 aliphatic rings. The largest absolute Gasteiger partial charge is 0.507 e. The Morgan fingerprint density at radius 3 is 2.57 bits per heavy atom. The van der Waals surface area contributed by atoms with Crippen molar-refractivity contribution in [2.24, 2.45) is 0 Å². The molecule has 2 fully saturated rings. The van der Waals surface area contributed by atoms with Gasteiger partial charge >= 0.3 is 0 Å². The smallest absolute Gasteiger partial charge is 0.295 e. The summed E-state index contributed by atoms with van der Waals surface area (Å²) in [5.41, 5.74) is 1.32. The number of amides is 1. The maximum absolute atomic E-state index is 13.2. The molecular weight excluding hydrogens is 512 g/mol. The molecule has 2 aromatic carbocycles. The molecule has 186 valence electrons. The number of likely N-dealkylation sites (tertiary alicyclic amines) is 1. The van der Waals surface area contributed by atoms with E-state index >= 15 is 0 Å². The predicted molar refractivity (Wildman–Crippen MR) is 137 cm³/mol. The van der Waals surface area contributed by atoms with Gasteiger partial charge in [0, 0.05) is 36.2 Å². The van der Waals surface area contributed by atoms with E-state index in [1.54, 1.807) is 23.1 Å². The van der Waals surface area contributed by atoms with Gasteiger partial charge in [0.1, 0.15) is 11.5 Å². The first-order chi connectivity index (χ1) is 17.0. The number of Topliss-reactive ketones (excluding diaryl/α,β-unsaturated/α-hetero) is 1. The number of ether oxygens (including phenoxy) is 2. The molecule has 2 heterocycles. The highest BCUT2D eigenvalue weighted by Gasteiger charge is 2.46. The molecular formula is C27H31BrN2O5. The summed E-state index contributed by atoms with van der Waals surface area (Å²) in [5.74, 6) is -0.840. The highest BCUT2D eigenvalue weighted by molar-refractivity contribution is 9.10. The quantitative estimate of drug-likeness (QED) is 0.219. The van der Waals surface area contributed by atoms with Crippen LogP contribution < -0.4 is 4.74 Å². The number of morpholine rings is 1. The van der Waals surface area contributed by atoms with Crippen LogP contribution in [0, 0.1) is 0 Å². The summed E-state index contributed by atoms with van der Waals surface area (Å²) in [5, 5.41) is 11.3. The van der Waals surface area contributed by atoms with Crippen molar-refractivity contribution >= 4 is 33.4 Å². The minimum atomic E-state index is -0.672. The summed E-state index contributed by atoms with van der Waals surface area (Å²) >= 11 is 3.45. The van der Waals surface area contributed by atoms with E-state index in [1.807, 2.05) is 30.3 Å². The summed E-state index contributed by atoms with van der Waals surface area (Å²) in [6.45, 7) is 6.57. The zero-order valence-electron chi connectivity index (χ0n) is 19.9. The maximum Gasteiger partial charge on any atom is 0.295 e. The van der Waals surface area contributed by atoms with E-state index in [4.69, 9.17) is 9.47 Å². The van der Waals surface area contributed by atoms with Gasteiger partial charge in [-0.1, -0.05) is 53.5 Å². The third-order valence-electron chi connectivity index (χ3n) is 6.36. The van der Waals surface area contributed by atoms with Gasteiger partial charge in [-0.05, 0) is 36.2 Å². The number of halogens is 1. The Labute approximate surface area is 214 Å². The zero-order chi connectivity index (χ0) is 24.8. The summed E-state index contributed by atoms with van der Waals surface area (Å²) in [6.07, 6.45) is 1.94. The number of hydrogen-bond acceptors (Lipinski definition) is 6. The molecule has 0 aliphatic carbocycles. The Balaban J connectivity index is 1.68. The van der Waals surface area contributed by atoms with Crippen molar-refractivity contribution in [2.75, 3.05) is 46.0 Å². The van der Waals surface area contributed by atoms with Crippen molar-refractivity contribution < 1.29 is 24.2 Å². The van der Waals surface area contributed by atoms with E-state index in [1.165, 1.54) is 0 Å². The van der Waals surface area contributed by atoms with Crippen LogP contribution in [-0.2, 0) is 14.3 Å². The monoisotopic (exact) mass is 542 g/mol. The molecule has 4 rings (SSSR count). The lowest BCUT2D eigenvalue weighted by molar-refractivity contribution is -0.140. The van der Waals surface area contributed by atoms with Crippen LogP contribution >= 0.6 is 15.9 Å². The fourth-order valence-corrected chi connectivity index (χ4v) is 4.66. The summed E-state index contributed by atoms with van der Waals surface area (Å²) in [6, 6.07) is 13.9. The number of hydrogen-bond donors (Lipinski definition) is 1. The molecule has 0 bridgehead atoms. The van der Waals surface area contributed by atoms with Crippen molar-refractivity contribution in [3.05, 3.63) is 69.7 Å². The molecule has 7 nitrogen and oxygen atoms in total. The molecule has 35 heavy (non-hydrogen) atoms. The van der Waals surface area contributed by atoms with Crippen LogP contribution in [0.1, 0.15) is 36.9 Å². The van der Waals surface area contributed by atoms with Gasteiger partial charge < -0.3 is 19.5 Å². The average Bonchev–Trinajstić information content (AvgIpc) is 3.13. The molecule has 1 amide bonds. The number of benzene rings is 2. The maximum atomic E-state index is 13.2. The molecule has 2 aliphatic heterocycles. The first kappa shape index (κ1) is 25.4. The van der Waals surface area contributed by atoms with Crippen LogP contribution in [0.2, 0.25) is 0 Å². The van der Waals surface area contributed by atoms with Crippen molar-refractivity contribution in [1.82, 2.24) is 9.80 Å². The van der Waals surface area contributed by atoms with E-state index in [2.05, 4.69) is 27.8 Å². The van der Waals surface area contributed by atoms with E-state index in [0.29, 0.717) is 44.2 Å². The molecule has 0 saturated carbocycles. The average molecular weight is 543 g/mol. The molecule has 2 saturated heterocycles. The summed E-state index contributed by atoms with van der Waals surface area (Å²) in [7, 11) is 0. The van der Waals surface area contributed by atoms with E-state index in [-0.39, 0.29) is 11.3 Å². The second kappa shape index (κ2) is 11.8. The van der Waals surface area contributed by atoms with Gasteiger partial charge in [-0.15, -0.1) is 0 Å². The predicted octanol–water partition coefficient (Wildman–Crippen LogP) is 4.38. The molecule has 0 radical (unpaired) electrons. The van der Waals surface area contributed by atoms with Crippen molar-refractivity contribution in [2.45, 2.75) is 25.8 Å². The Morgan fingerprint density at radius 1 is 1.11 bits per heavy atom. The van der Waals surface area contributed by atoms with E-state index in [9.17, 15) is 14.7 Å². The molecule has 0 spiro atoms. The number of unbranched alkanes of at least 4 members (excludes halogenated alkanes) is 1. The van der Waals surface area contributed by atoms with Crippen LogP contribution in [0.4, 0.5) is 0 Å². The van der Waals surface area contributed by atoms with E-state index in [0.717, 1.165) is 36.0 Å². The van der Waals surface area contributed by atoms with Gasteiger partial charge in [0.15, 0.2) is 0 Å². The lowest BCUT2D eigenvalue weighted by atomic mass is 9.95. The van der Waals surface area contributed by atoms with Gasteiger partial charge in [0.05, 0.1) is 31.4 Å². The fraction of sp³-hybridized carbons (Fsp3) is 0.407. The van der Waals surface area contributed by atoms with Crippen molar-refractivity contribution in [1.29, 1.82) is 0 Å². The normalized spacial score (nSPS) is 20.4. The SMILES string of the molecule is CCCCOc1cccc(/C(O)=C2\C(=O)C(=O)N(CCN3CCOCC3)C2c2ccc(Br)cc2)c1. The van der Waals surface area contributed by atoms with Gasteiger partial charge in [-0.3, -0.25) is 14.5 Å². The number of carbonyl (C=O) groups excluding carboxylic acids is 2. The number of carbonyl (C=O) groups is 2. The first-order valence-corrected chi connectivity index (χ1v) is 12.9. The minimum Gasteiger partial charge on any atom is -0.507 e. The Kier molecular flexibility index (Phi) is 8.59. The first-order valence-electron chi connectivity index (χ1n) is 12.1. The highest BCUT2D eigenvalue weighted by Crippen LogP contribution is 2.40. The molecule has 1 N–H and O–H groups in total. The van der Waals surface area contributed by atoms with Crippen molar-refractivity contribution in [3.63, 3.8) is 0 Å². The third kappa shape index (κ3) is 5.94. The topological polar surface area (TPSA) is 79.3 Å². The van der Waals surface area contributed by atoms with Crippen LogP contribution in [0.5, 0.6) is 5.75 Å². The second-order valence-corrected chi connectivity index (χ2v) is 9.64. The third-order valence-corrected chi connectivity index (χ3v) is 6.89. The van der Waals surface area contributed by atoms with Gasteiger partial charge in [-0.25, -0.2) is 0 Å². The van der Waals surface area contributed by atoms with Gasteiger partial charge in [0.2, 0.25) is 0 Å². The Morgan fingerprint density at radius 2 is 1.86 bits per heavy atom. The van der Waals surface area contributed by atoms with Crippen LogP contribution in [0.25, 0.3) is 5.76 Å². The van der Waals surface area contributed by atoms with Crippen LogP contribution in [-0.4, -0.2) is 72.6 Å². The minimum absolute atomic E-state index is 0.102. The lowest BCUT2D eigenvalue weighted by Gasteiger charge is -2.31. The standard InChI is InChI=1S/C27H31BrN2O5/c1-2-3-15-35-22-6-4-5-20(18-22)25(31)23-24(19-7-9-21(28)10-8-19)30(27(33)26(23)32)12-11-29-13-16-34-17-14-29/h4-10,18,24,31H,2-3,11-17H2,1H3/b25-23+. The summed E-state index contributed by atoms with van der Waals surface area (Å²) < 4.78 is 12.1. The van der Waals surface area contributed by atoms with Gasteiger partial charge in [0.25, 0.3) is 11.7 Å². The molecule has 1 atom stereocenters. The Hall–Kier alpha value is -2.68. The molecule has 2 aromatic rings. The number of aliphatic hydroxyl groups is 1. The fourth-order valence-electron chi connectivity index (χ4n) is 4.40. The number of nitrogens with zero attached hydrogens (tertiary/aromatic N) is 2.